The average molecular weight is 596 g/mol. The molecule has 0 saturated carbocycles. The first-order valence-corrected chi connectivity index (χ1v) is 2.74. The monoisotopic (exact) mass is 596 g/mol. The van der Waals surface area contributed by atoms with Gasteiger partial charge < -0.3 is 82.8 Å². The quantitative estimate of drug-likeness (QED) is 0.215. The van der Waals surface area contributed by atoms with E-state index >= 15 is 0 Å². The molecule has 0 rings (SSSR count). The molecule has 0 unspecified atom stereocenters. The van der Waals surface area contributed by atoms with E-state index < -0.39 is 25.4 Å². The van der Waals surface area contributed by atoms with Crippen LogP contribution in [0.5, 0.6) is 0 Å². The van der Waals surface area contributed by atoms with Crippen molar-refractivity contribution in [3.8, 4) is 0 Å². The third-order valence-corrected chi connectivity index (χ3v) is 0. The van der Waals surface area contributed by atoms with E-state index in [1.807, 2.05) is 0 Å². The van der Waals surface area contributed by atoms with Gasteiger partial charge in [-0.3, -0.25) is 0 Å². The van der Waals surface area contributed by atoms with Crippen molar-refractivity contribution in [1.29, 1.82) is 0 Å². The third kappa shape index (κ3) is 1750. The molecule has 0 spiro atoms. The van der Waals surface area contributed by atoms with Crippen LogP contribution >= 0.6 is 24.0 Å². The van der Waals surface area contributed by atoms with Gasteiger partial charge in [-0.1, -0.05) is 0 Å². The molecular formula is H5CeIN6O15. The van der Waals surface area contributed by atoms with Gasteiger partial charge in [0, 0.05) is 0 Å². The summed E-state index contributed by atoms with van der Waals surface area (Å²) in [6, 6.07) is 0. The van der Waals surface area contributed by atoms with Crippen LogP contribution in [0.2, 0.25) is 0 Å². The van der Waals surface area contributed by atoms with Crippen LogP contribution in [0.3, 0.4) is 0 Å². The first kappa shape index (κ1) is 49.7. The van der Waals surface area contributed by atoms with Gasteiger partial charge >= 0.3 is 41.7 Å². The molecule has 0 aliphatic carbocycles. The van der Waals surface area contributed by atoms with Crippen molar-refractivity contribution in [3.05, 3.63) is 76.6 Å². The maximum Gasteiger partial charge on any atom is 4.00 e. The Morgan fingerprint density at radius 3 is 0.391 bits per heavy atom. The van der Waals surface area contributed by atoms with Gasteiger partial charge in [-0.25, -0.2) is 0 Å². The summed E-state index contributed by atoms with van der Waals surface area (Å²) in [5, 5.41) is 73.8. The van der Waals surface area contributed by atoms with E-state index in [2.05, 4.69) is 0 Å². The molecule has 0 aromatic heterocycles. The van der Waals surface area contributed by atoms with Crippen molar-refractivity contribution in [2.75, 3.05) is 0 Å². The molecule has 0 radical (unpaired) electrons. The molecule has 0 bridgehead atoms. The zero-order chi connectivity index (χ0) is 17.9. The summed E-state index contributed by atoms with van der Waals surface area (Å²) in [4.78, 5) is 41.2. The molecule has 0 aliphatic rings. The molecule has 0 saturated heterocycles. The third-order valence-electron chi connectivity index (χ3n) is 0. The topological polar surface area (TPSA) is 367 Å². The number of nitrogens with zero attached hydrogens (tertiary/aromatic N) is 5. The van der Waals surface area contributed by atoms with Crippen LogP contribution in [-0.2, 0) is 0 Å². The second kappa shape index (κ2) is 42.7. The molecule has 0 aromatic carbocycles. The first-order chi connectivity index (χ1) is 8.66. The van der Waals surface area contributed by atoms with Gasteiger partial charge in [-0.15, -0.1) is 24.0 Å². The van der Waals surface area contributed by atoms with E-state index in [1.54, 1.807) is 0 Å². The molecule has 23 heavy (non-hydrogen) atoms. The summed E-state index contributed by atoms with van der Waals surface area (Å²) in [7, 11) is 0. The molecular weight excluding hydrogens is 591 g/mol. The molecule has 0 aliphatic heterocycles. The van der Waals surface area contributed by atoms with Gasteiger partial charge in [0.2, 0.25) is 0 Å². The van der Waals surface area contributed by atoms with Crippen LogP contribution in [0.25, 0.3) is 0 Å². The Hall–Kier alpha value is -1.93. The van der Waals surface area contributed by atoms with E-state index in [-0.39, 0.29) is 71.9 Å². The van der Waals surface area contributed by atoms with Crippen LogP contribution in [0.1, 0.15) is 0 Å². The van der Waals surface area contributed by atoms with Crippen LogP contribution in [0, 0.1) is 118 Å². The average Bonchev–Trinajstić information content (AvgIpc) is 1.94. The van der Waals surface area contributed by atoms with Crippen molar-refractivity contribution in [2.24, 2.45) is 0 Å². The standard InChI is InChI=1S/Ce.HI.5NO3.H3N/c;;5*2-1(3)4;/h;1H;;;;;;1H3/q+4;;5*-1;/p+1. The largest absolute Gasteiger partial charge is 4.00 e. The molecule has 23 heteroatoms. The van der Waals surface area contributed by atoms with Crippen LogP contribution < -0.4 is 6.15 Å². The number of rotatable bonds is 0. The molecule has 0 aromatic rings. The Bertz CT molecular complexity index is 215. The summed E-state index contributed by atoms with van der Waals surface area (Å²) in [6.07, 6.45) is 0. The fourth-order valence-corrected chi connectivity index (χ4v) is 0. The second-order valence-corrected chi connectivity index (χ2v) is 1.12. The van der Waals surface area contributed by atoms with Crippen molar-refractivity contribution < 1.29 is 67.2 Å². The van der Waals surface area contributed by atoms with E-state index in [0.717, 1.165) is 0 Å². The van der Waals surface area contributed by atoms with Crippen LogP contribution in [0.4, 0.5) is 0 Å². The van der Waals surface area contributed by atoms with Gasteiger partial charge in [-0.2, -0.15) is 0 Å². The van der Waals surface area contributed by atoms with E-state index in [0.29, 0.717) is 0 Å². The van der Waals surface area contributed by atoms with E-state index in [4.69, 9.17) is 76.6 Å². The van der Waals surface area contributed by atoms with Gasteiger partial charge in [0.05, 0.1) is 25.4 Å². The number of quaternary nitrogens is 1. The number of halogens is 1. The maximum absolute atomic E-state index is 8.25. The fourth-order valence-electron chi connectivity index (χ4n) is 0. The summed E-state index contributed by atoms with van der Waals surface area (Å²) in [5.74, 6) is 0. The smallest absolute Gasteiger partial charge is 0.369 e. The van der Waals surface area contributed by atoms with Gasteiger partial charge in [0.1, 0.15) is 0 Å². The second-order valence-electron chi connectivity index (χ2n) is 1.12. The maximum atomic E-state index is 8.25. The van der Waals surface area contributed by atoms with Crippen molar-refractivity contribution in [2.45, 2.75) is 0 Å². The van der Waals surface area contributed by atoms with Gasteiger partial charge in [-0.05, 0) is 0 Å². The van der Waals surface area contributed by atoms with Crippen molar-refractivity contribution in [1.82, 2.24) is 6.15 Å². The van der Waals surface area contributed by atoms with Crippen molar-refractivity contribution in [3.63, 3.8) is 0 Å². The zero-order valence-electron chi connectivity index (χ0n) is 10.3. The number of hydrogen-bond donors (Lipinski definition) is 1. The molecule has 0 atom stereocenters. The Morgan fingerprint density at radius 2 is 0.391 bits per heavy atom. The molecule has 4 N–H and O–H groups in total. The summed E-state index contributed by atoms with van der Waals surface area (Å²) in [6.45, 7) is 0. The van der Waals surface area contributed by atoms with Gasteiger partial charge in [0.15, 0.2) is 0 Å². The molecule has 21 nitrogen and oxygen atoms in total. The summed E-state index contributed by atoms with van der Waals surface area (Å²) >= 11 is 0. The molecule has 0 heterocycles. The minimum atomic E-state index is -1.75. The van der Waals surface area contributed by atoms with Crippen LogP contribution in [-0.4, -0.2) is 25.4 Å². The molecule has 0 amide bonds. The summed E-state index contributed by atoms with van der Waals surface area (Å²) in [5.41, 5.74) is 0. The Morgan fingerprint density at radius 1 is 0.391 bits per heavy atom. The predicted octanol–water partition coefficient (Wildman–Crippen LogP) is -0.201. The van der Waals surface area contributed by atoms with Gasteiger partial charge in [0.25, 0.3) is 0 Å². The zero-order valence-corrected chi connectivity index (χ0v) is 15.7. The molecule has 0 fully saturated rings. The normalized spacial score (nSPS) is 5.22. The molecule has 136 valence electrons. The van der Waals surface area contributed by atoms with Crippen LogP contribution in [0.15, 0.2) is 0 Å². The Balaban J connectivity index is -0.0000000197. The predicted molar refractivity (Wildman–Crippen MR) is 73.2 cm³/mol. The Labute approximate surface area is 173 Å². The minimum absolute atomic E-state index is 0. The number of hydrogen-bond acceptors (Lipinski definition) is 15. The first-order valence-electron chi connectivity index (χ1n) is 2.74. The van der Waals surface area contributed by atoms with Crippen molar-refractivity contribution >= 4 is 24.0 Å². The Kier molecular flexibility index (Phi) is 92.3. The fraction of sp³-hybridized carbons (Fsp3) is 0. The van der Waals surface area contributed by atoms with E-state index in [9.17, 15) is 0 Å². The summed E-state index contributed by atoms with van der Waals surface area (Å²) < 4.78 is 0. The minimum Gasteiger partial charge on any atom is -0.369 e. The van der Waals surface area contributed by atoms with E-state index in [1.165, 1.54) is 0 Å². The SMILES string of the molecule is I.O=[N+]([O-])[O-].O=[N+]([O-])[O-].O=[N+]([O-])[O-].O=[N+]([O-])[O-].O=[N+]([O-])[O-].[Ce+4].[NH4+].